The predicted molar refractivity (Wildman–Crippen MR) is 92.7 cm³/mol. The summed E-state index contributed by atoms with van der Waals surface area (Å²) in [7, 11) is 1.49. The number of carbonyl (C=O) groups is 2. The van der Waals surface area contributed by atoms with Crippen molar-refractivity contribution in [1.82, 2.24) is 0 Å². The number of methoxy groups -OCH3 is 1. The van der Waals surface area contributed by atoms with Crippen molar-refractivity contribution in [3.63, 3.8) is 0 Å². The molecule has 0 radical (unpaired) electrons. The van der Waals surface area contributed by atoms with Gasteiger partial charge in [0.25, 0.3) is 5.91 Å². The molecule has 0 spiro atoms. The van der Waals surface area contributed by atoms with Gasteiger partial charge in [-0.2, -0.15) is 5.26 Å². The van der Waals surface area contributed by atoms with E-state index >= 15 is 0 Å². The lowest BCUT2D eigenvalue weighted by atomic mass is 10.1. The largest absolute Gasteiger partial charge is 0.495 e. The van der Waals surface area contributed by atoms with Gasteiger partial charge >= 0.3 is 5.97 Å². The molecule has 7 heteroatoms. The van der Waals surface area contributed by atoms with Crippen LogP contribution in [-0.4, -0.2) is 25.1 Å². The highest BCUT2D eigenvalue weighted by atomic mass is 35.5. The molecule has 2 aromatic carbocycles. The van der Waals surface area contributed by atoms with Crippen molar-refractivity contribution in [2.45, 2.75) is 13.0 Å². The van der Waals surface area contributed by atoms with E-state index in [1.807, 2.05) is 6.07 Å². The molecule has 128 valence electrons. The van der Waals surface area contributed by atoms with Crippen LogP contribution in [0.15, 0.2) is 42.5 Å². The number of ether oxygens (including phenoxy) is 2. The summed E-state index contributed by atoms with van der Waals surface area (Å²) in [5.74, 6) is -0.713. The summed E-state index contributed by atoms with van der Waals surface area (Å²) >= 11 is 6.00. The quantitative estimate of drug-likeness (QED) is 0.827. The normalized spacial score (nSPS) is 11.1. The van der Waals surface area contributed by atoms with Gasteiger partial charge in [0, 0.05) is 5.69 Å². The Kier molecular flexibility index (Phi) is 5.98. The molecule has 1 amide bonds. The zero-order valence-corrected chi connectivity index (χ0v) is 14.3. The molecule has 0 aromatic heterocycles. The molecular formula is C18H15ClN2O4. The minimum absolute atomic E-state index is 0.200. The summed E-state index contributed by atoms with van der Waals surface area (Å²) in [5.41, 5.74) is 0.982. The van der Waals surface area contributed by atoms with Crippen molar-refractivity contribution >= 4 is 29.2 Å². The Labute approximate surface area is 149 Å². The van der Waals surface area contributed by atoms with Crippen molar-refractivity contribution in [1.29, 1.82) is 5.26 Å². The molecule has 2 rings (SSSR count). The van der Waals surface area contributed by atoms with Crippen molar-refractivity contribution in [3.8, 4) is 11.8 Å². The van der Waals surface area contributed by atoms with Crippen molar-refractivity contribution < 1.29 is 19.1 Å². The summed E-state index contributed by atoms with van der Waals surface area (Å²) in [6.45, 7) is 1.45. The van der Waals surface area contributed by atoms with Crippen molar-refractivity contribution in [2.24, 2.45) is 0 Å². The van der Waals surface area contributed by atoms with E-state index in [2.05, 4.69) is 5.32 Å². The Morgan fingerprint density at radius 3 is 2.64 bits per heavy atom. The SMILES string of the molecule is COc1ccc(NC(=O)[C@@H](C)OC(=O)c2cccc(C#N)c2)cc1Cl. The fourth-order valence-corrected chi connectivity index (χ4v) is 2.24. The molecule has 25 heavy (non-hydrogen) atoms. The number of esters is 1. The van der Waals surface area contributed by atoms with Gasteiger partial charge in [0.1, 0.15) is 5.75 Å². The fraction of sp³-hybridized carbons (Fsp3) is 0.167. The lowest BCUT2D eigenvalue weighted by molar-refractivity contribution is -0.123. The highest BCUT2D eigenvalue weighted by Gasteiger charge is 2.19. The van der Waals surface area contributed by atoms with Gasteiger partial charge < -0.3 is 14.8 Å². The molecule has 6 nitrogen and oxygen atoms in total. The van der Waals surface area contributed by atoms with E-state index in [-0.39, 0.29) is 5.56 Å². The Hall–Kier alpha value is -3.04. The van der Waals surface area contributed by atoms with Crippen LogP contribution < -0.4 is 10.1 Å². The third-order valence-electron chi connectivity index (χ3n) is 3.30. The first-order valence-electron chi connectivity index (χ1n) is 7.30. The molecule has 0 unspecified atom stereocenters. The number of halogens is 1. The van der Waals surface area contributed by atoms with Gasteiger partial charge in [0.2, 0.25) is 0 Å². The van der Waals surface area contributed by atoms with Gasteiger partial charge in [0.05, 0.1) is 29.3 Å². The summed E-state index contributed by atoms with van der Waals surface area (Å²) in [4.78, 5) is 24.2. The molecule has 0 fully saturated rings. The second kappa shape index (κ2) is 8.18. The van der Waals surface area contributed by atoms with Gasteiger partial charge in [-0.1, -0.05) is 17.7 Å². The van der Waals surface area contributed by atoms with Crippen molar-refractivity contribution in [2.75, 3.05) is 12.4 Å². The first-order chi connectivity index (χ1) is 11.9. The van der Waals surface area contributed by atoms with Crippen molar-refractivity contribution in [3.05, 3.63) is 58.6 Å². The monoisotopic (exact) mass is 358 g/mol. The van der Waals surface area contributed by atoms with E-state index in [4.69, 9.17) is 26.3 Å². The van der Waals surface area contributed by atoms with E-state index in [0.29, 0.717) is 22.0 Å². The number of nitrogens with one attached hydrogen (secondary N) is 1. The first-order valence-corrected chi connectivity index (χ1v) is 7.68. The highest BCUT2D eigenvalue weighted by molar-refractivity contribution is 6.32. The second-order valence-corrected chi connectivity index (χ2v) is 5.49. The van der Waals surface area contributed by atoms with E-state index in [0.717, 1.165) is 0 Å². The molecule has 2 aromatic rings. The number of amides is 1. The number of hydrogen-bond donors (Lipinski definition) is 1. The zero-order valence-electron chi connectivity index (χ0n) is 13.6. The molecule has 1 N–H and O–H groups in total. The standard InChI is InChI=1S/C18H15ClN2O4/c1-11(25-18(23)13-5-3-4-12(8-13)10-20)17(22)21-14-6-7-16(24-2)15(19)9-14/h3-9,11H,1-2H3,(H,21,22)/t11-/m1/s1. The van der Waals surface area contributed by atoms with Crippen LogP contribution in [0.4, 0.5) is 5.69 Å². The van der Waals surface area contributed by atoms with E-state index in [1.54, 1.807) is 24.3 Å². The van der Waals surface area contributed by atoms with Crippen LogP contribution >= 0.6 is 11.6 Å². The molecule has 0 saturated carbocycles. The number of rotatable bonds is 5. The fourth-order valence-electron chi connectivity index (χ4n) is 1.99. The number of hydrogen-bond acceptors (Lipinski definition) is 5. The molecule has 0 bridgehead atoms. The maximum absolute atomic E-state index is 12.2. The molecule has 1 atom stereocenters. The third-order valence-corrected chi connectivity index (χ3v) is 3.60. The molecule has 0 aliphatic carbocycles. The molecular weight excluding hydrogens is 344 g/mol. The Morgan fingerprint density at radius 2 is 2.00 bits per heavy atom. The number of nitriles is 1. The molecule has 0 aliphatic heterocycles. The molecule has 0 saturated heterocycles. The van der Waals surface area contributed by atoms with Crippen LogP contribution in [-0.2, 0) is 9.53 Å². The highest BCUT2D eigenvalue weighted by Crippen LogP contribution is 2.27. The summed E-state index contributed by atoms with van der Waals surface area (Å²) in [6, 6.07) is 12.7. The minimum Gasteiger partial charge on any atom is -0.495 e. The summed E-state index contributed by atoms with van der Waals surface area (Å²) in [6.07, 6.45) is -1.03. The maximum atomic E-state index is 12.2. The Morgan fingerprint density at radius 1 is 1.24 bits per heavy atom. The second-order valence-electron chi connectivity index (χ2n) is 5.08. The zero-order chi connectivity index (χ0) is 18.4. The van der Waals surface area contributed by atoms with E-state index < -0.39 is 18.0 Å². The average Bonchev–Trinajstić information content (AvgIpc) is 2.61. The van der Waals surface area contributed by atoms with Crippen LogP contribution in [0.25, 0.3) is 0 Å². The minimum atomic E-state index is -1.03. The molecule has 0 heterocycles. The maximum Gasteiger partial charge on any atom is 0.338 e. The lowest BCUT2D eigenvalue weighted by Crippen LogP contribution is -2.30. The van der Waals surface area contributed by atoms with E-state index in [9.17, 15) is 9.59 Å². The lowest BCUT2D eigenvalue weighted by Gasteiger charge is -2.14. The van der Waals surface area contributed by atoms with Crippen LogP contribution in [0.3, 0.4) is 0 Å². The van der Waals surface area contributed by atoms with Crippen LogP contribution in [0.1, 0.15) is 22.8 Å². The molecule has 0 aliphatic rings. The van der Waals surface area contributed by atoms with Crippen LogP contribution in [0.2, 0.25) is 5.02 Å². The smallest absolute Gasteiger partial charge is 0.338 e. The number of carbonyl (C=O) groups excluding carboxylic acids is 2. The van der Waals surface area contributed by atoms with Gasteiger partial charge in [0.15, 0.2) is 6.10 Å². The van der Waals surface area contributed by atoms with Crippen LogP contribution in [0.5, 0.6) is 5.75 Å². The van der Waals surface area contributed by atoms with Gasteiger partial charge in [-0.3, -0.25) is 4.79 Å². The summed E-state index contributed by atoms with van der Waals surface area (Å²) < 4.78 is 10.2. The average molecular weight is 359 g/mol. The number of anilines is 1. The Balaban J connectivity index is 2.01. The van der Waals surface area contributed by atoms with Gasteiger partial charge in [-0.25, -0.2) is 4.79 Å². The first kappa shape index (κ1) is 18.3. The van der Waals surface area contributed by atoms with E-state index in [1.165, 1.54) is 32.2 Å². The predicted octanol–water partition coefficient (Wildman–Crippen LogP) is 3.40. The summed E-state index contributed by atoms with van der Waals surface area (Å²) in [5, 5.41) is 11.8. The number of benzene rings is 2. The third kappa shape index (κ3) is 4.72. The van der Waals surface area contributed by atoms with Gasteiger partial charge in [-0.05, 0) is 43.3 Å². The Bertz CT molecular complexity index is 845. The van der Waals surface area contributed by atoms with Gasteiger partial charge in [-0.15, -0.1) is 0 Å². The topological polar surface area (TPSA) is 88.4 Å². The number of nitrogens with zero attached hydrogens (tertiary/aromatic N) is 1. The van der Waals surface area contributed by atoms with Crippen LogP contribution in [0, 0.1) is 11.3 Å².